The van der Waals surface area contributed by atoms with Crippen molar-refractivity contribution in [3.8, 4) is 11.5 Å². The van der Waals surface area contributed by atoms with Crippen LogP contribution < -0.4 is 4.74 Å². The van der Waals surface area contributed by atoms with E-state index in [4.69, 9.17) is 17.0 Å². The van der Waals surface area contributed by atoms with Gasteiger partial charge < -0.3 is 9.84 Å². The molecule has 0 radical (unpaired) electrons. The number of non-ortho nitro benzene ring substituents is 1. The largest absolute Gasteiger partial charge is 0.504 e. The van der Waals surface area contributed by atoms with Crippen molar-refractivity contribution in [3.63, 3.8) is 0 Å². The number of phenolic OH excluding ortho intramolecular Hbond substituents is 1. The Bertz CT molecular complexity index is 811. The maximum Gasteiger partial charge on any atom is 0.274 e. The summed E-state index contributed by atoms with van der Waals surface area (Å²) in [5, 5.41) is 31.8. The normalized spacial score (nSPS) is 11.0. The van der Waals surface area contributed by atoms with E-state index in [1.165, 1.54) is 24.1 Å². The Labute approximate surface area is 136 Å². The SMILES string of the molecule is CCCc1n[nH]c(=S)n1/N=C/c1cc([N+](=O)[O-])cc(OC)c1O. The second kappa shape index (κ2) is 7.01. The third kappa shape index (κ3) is 3.54. The first-order valence-electron chi connectivity index (χ1n) is 6.74. The minimum absolute atomic E-state index is 0.00905. The number of aryl methyl sites for hydroxylation is 1. The number of phenols is 1. The van der Waals surface area contributed by atoms with Crippen LogP contribution in [0.15, 0.2) is 17.2 Å². The summed E-state index contributed by atoms with van der Waals surface area (Å²) in [7, 11) is 1.31. The lowest BCUT2D eigenvalue weighted by Gasteiger charge is -2.06. The predicted molar refractivity (Wildman–Crippen MR) is 85.7 cm³/mol. The molecule has 23 heavy (non-hydrogen) atoms. The molecule has 0 fully saturated rings. The van der Waals surface area contributed by atoms with Gasteiger partial charge in [-0.2, -0.15) is 14.9 Å². The highest BCUT2D eigenvalue weighted by molar-refractivity contribution is 7.71. The lowest BCUT2D eigenvalue weighted by molar-refractivity contribution is -0.385. The number of aromatic hydroxyl groups is 1. The molecule has 1 aromatic carbocycles. The molecular formula is C13H15N5O4S. The Morgan fingerprint density at radius 2 is 2.35 bits per heavy atom. The Morgan fingerprint density at radius 1 is 1.61 bits per heavy atom. The van der Waals surface area contributed by atoms with Crippen molar-refractivity contribution >= 4 is 24.1 Å². The van der Waals surface area contributed by atoms with Crippen molar-refractivity contribution in [3.05, 3.63) is 38.4 Å². The standard InChI is InChI=1S/C13H15N5O4S/c1-3-4-11-15-16-13(23)17(11)14-7-8-5-9(18(20)21)6-10(22-2)12(8)19/h5-7,19H,3-4H2,1-2H3,(H,16,23)/b14-7+. The number of H-pyrrole nitrogens is 1. The lowest BCUT2D eigenvalue weighted by Crippen LogP contribution is -2.00. The monoisotopic (exact) mass is 337 g/mol. The van der Waals surface area contributed by atoms with Gasteiger partial charge in [-0.05, 0) is 18.6 Å². The van der Waals surface area contributed by atoms with Crippen LogP contribution in [0, 0.1) is 14.9 Å². The number of aromatic nitrogens is 3. The summed E-state index contributed by atoms with van der Waals surface area (Å²) in [4.78, 5) is 10.4. The molecule has 0 amide bonds. The van der Waals surface area contributed by atoms with Gasteiger partial charge >= 0.3 is 0 Å². The van der Waals surface area contributed by atoms with Crippen molar-refractivity contribution in [1.29, 1.82) is 0 Å². The zero-order valence-corrected chi connectivity index (χ0v) is 13.3. The average Bonchev–Trinajstić information content (AvgIpc) is 2.87. The zero-order chi connectivity index (χ0) is 17.0. The maximum atomic E-state index is 10.9. The van der Waals surface area contributed by atoms with Gasteiger partial charge in [-0.25, -0.2) is 0 Å². The molecule has 0 saturated heterocycles. The van der Waals surface area contributed by atoms with Crippen LogP contribution in [0.2, 0.25) is 0 Å². The summed E-state index contributed by atoms with van der Waals surface area (Å²) < 4.78 is 6.64. The number of hydrogen-bond acceptors (Lipinski definition) is 7. The van der Waals surface area contributed by atoms with Gasteiger partial charge in [0.1, 0.15) is 0 Å². The fraction of sp³-hybridized carbons (Fsp3) is 0.308. The first kappa shape index (κ1) is 16.6. The van der Waals surface area contributed by atoms with Crippen LogP contribution >= 0.6 is 12.2 Å². The van der Waals surface area contributed by atoms with Crippen LogP contribution in [-0.2, 0) is 6.42 Å². The Morgan fingerprint density at radius 3 is 2.96 bits per heavy atom. The average molecular weight is 337 g/mol. The van der Waals surface area contributed by atoms with Gasteiger partial charge in [0, 0.05) is 18.1 Å². The molecule has 0 unspecified atom stereocenters. The molecule has 0 aliphatic heterocycles. The molecule has 1 heterocycles. The number of hydrogen-bond donors (Lipinski definition) is 2. The molecule has 9 nitrogen and oxygen atoms in total. The van der Waals surface area contributed by atoms with E-state index >= 15 is 0 Å². The third-order valence-corrected chi connectivity index (χ3v) is 3.29. The number of rotatable bonds is 6. The predicted octanol–water partition coefficient (Wildman–Crippen LogP) is 2.40. The van der Waals surface area contributed by atoms with Crippen LogP contribution in [-0.4, -0.2) is 38.2 Å². The molecule has 0 atom stereocenters. The number of benzene rings is 1. The molecule has 0 saturated carbocycles. The molecule has 2 aromatic rings. The van der Waals surface area contributed by atoms with Crippen molar-refractivity contribution in [2.75, 3.05) is 7.11 Å². The highest BCUT2D eigenvalue weighted by atomic mass is 32.1. The quantitative estimate of drug-likeness (QED) is 0.361. The molecule has 0 aliphatic carbocycles. The summed E-state index contributed by atoms with van der Waals surface area (Å²) in [5.74, 6) is 0.379. The van der Waals surface area contributed by atoms with Gasteiger partial charge in [0.2, 0.25) is 4.77 Å². The number of ether oxygens (including phenoxy) is 1. The van der Waals surface area contributed by atoms with E-state index in [9.17, 15) is 15.2 Å². The van der Waals surface area contributed by atoms with Crippen LogP contribution in [0.3, 0.4) is 0 Å². The summed E-state index contributed by atoms with van der Waals surface area (Å²) in [6.07, 6.45) is 2.79. The smallest absolute Gasteiger partial charge is 0.274 e. The summed E-state index contributed by atoms with van der Waals surface area (Å²) in [6, 6.07) is 2.34. The fourth-order valence-corrected chi connectivity index (χ4v) is 2.12. The summed E-state index contributed by atoms with van der Waals surface area (Å²) in [6.45, 7) is 1.99. The number of methoxy groups -OCH3 is 1. The van der Waals surface area contributed by atoms with Gasteiger partial charge in [0.15, 0.2) is 17.3 Å². The van der Waals surface area contributed by atoms with E-state index in [-0.39, 0.29) is 22.7 Å². The lowest BCUT2D eigenvalue weighted by atomic mass is 10.2. The van der Waals surface area contributed by atoms with Gasteiger partial charge in [-0.3, -0.25) is 15.2 Å². The minimum Gasteiger partial charge on any atom is -0.504 e. The molecule has 0 spiro atoms. The molecule has 10 heteroatoms. The number of nitro benzene ring substituents is 1. The Hall–Kier alpha value is -2.75. The summed E-state index contributed by atoms with van der Waals surface area (Å²) in [5.41, 5.74) is -0.0766. The van der Waals surface area contributed by atoms with Gasteiger partial charge in [-0.1, -0.05) is 6.92 Å². The fourth-order valence-electron chi connectivity index (χ4n) is 1.92. The topological polar surface area (TPSA) is 119 Å². The van der Waals surface area contributed by atoms with E-state index in [1.54, 1.807) is 0 Å². The zero-order valence-electron chi connectivity index (χ0n) is 12.5. The van der Waals surface area contributed by atoms with E-state index in [2.05, 4.69) is 15.3 Å². The maximum absolute atomic E-state index is 10.9. The van der Waals surface area contributed by atoms with Gasteiger partial charge in [0.05, 0.1) is 24.3 Å². The number of aromatic amines is 1. The van der Waals surface area contributed by atoms with Crippen molar-refractivity contribution in [2.45, 2.75) is 19.8 Å². The van der Waals surface area contributed by atoms with Crippen molar-refractivity contribution in [2.24, 2.45) is 5.10 Å². The van der Waals surface area contributed by atoms with Crippen LogP contribution in [0.4, 0.5) is 5.69 Å². The second-order valence-corrected chi connectivity index (χ2v) is 4.98. The van der Waals surface area contributed by atoms with Crippen molar-refractivity contribution in [1.82, 2.24) is 14.9 Å². The molecule has 0 aliphatic rings. The van der Waals surface area contributed by atoms with Crippen LogP contribution in [0.1, 0.15) is 24.7 Å². The second-order valence-electron chi connectivity index (χ2n) is 4.59. The summed E-state index contributed by atoms with van der Waals surface area (Å²) >= 11 is 5.09. The molecular weight excluding hydrogens is 322 g/mol. The number of nitrogens with one attached hydrogen (secondary N) is 1. The van der Waals surface area contributed by atoms with E-state index in [0.717, 1.165) is 12.5 Å². The van der Waals surface area contributed by atoms with E-state index in [1.807, 2.05) is 6.92 Å². The van der Waals surface area contributed by atoms with Crippen LogP contribution in [0.25, 0.3) is 0 Å². The minimum atomic E-state index is -0.578. The molecule has 122 valence electrons. The third-order valence-electron chi connectivity index (χ3n) is 3.02. The molecule has 2 N–H and O–H groups in total. The highest BCUT2D eigenvalue weighted by Crippen LogP contribution is 2.33. The Balaban J connectivity index is 2.47. The van der Waals surface area contributed by atoms with Gasteiger partial charge in [-0.15, -0.1) is 0 Å². The molecule has 2 rings (SSSR count). The van der Waals surface area contributed by atoms with Gasteiger partial charge in [0.25, 0.3) is 5.69 Å². The first-order chi connectivity index (χ1) is 11.0. The number of nitrogens with zero attached hydrogens (tertiary/aromatic N) is 4. The first-order valence-corrected chi connectivity index (χ1v) is 7.14. The molecule has 0 bridgehead atoms. The number of nitro groups is 1. The highest BCUT2D eigenvalue weighted by Gasteiger charge is 2.16. The van der Waals surface area contributed by atoms with E-state index in [0.29, 0.717) is 17.0 Å². The molecule has 1 aromatic heterocycles. The van der Waals surface area contributed by atoms with Crippen LogP contribution in [0.5, 0.6) is 11.5 Å². The van der Waals surface area contributed by atoms with E-state index < -0.39 is 4.92 Å². The Kier molecular flexibility index (Phi) is 5.06. The van der Waals surface area contributed by atoms with Crippen molar-refractivity contribution < 1.29 is 14.8 Å².